The average Bonchev–Trinajstić information content (AvgIpc) is 2.60. The number of aryl methyl sites for hydroxylation is 1. The lowest BCUT2D eigenvalue weighted by Gasteiger charge is -2.01. The average molecular weight is 250 g/mol. The van der Waals surface area contributed by atoms with Gasteiger partial charge < -0.3 is 5.73 Å². The Labute approximate surface area is 104 Å². The van der Waals surface area contributed by atoms with Crippen LogP contribution in [0.3, 0.4) is 0 Å². The number of benzene rings is 1. The highest BCUT2D eigenvalue weighted by Gasteiger charge is 2.13. The van der Waals surface area contributed by atoms with Crippen LogP contribution in [-0.4, -0.2) is 11.0 Å². The van der Waals surface area contributed by atoms with Gasteiger partial charge in [-0.3, -0.25) is 0 Å². The van der Waals surface area contributed by atoms with Gasteiger partial charge in [0.2, 0.25) is 0 Å². The summed E-state index contributed by atoms with van der Waals surface area (Å²) in [5.41, 5.74) is 7.29. The minimum atomic E-state index is -0.228. The minimum absolute atomic E-state index is 0.0996. The molecule has 0 bridgehead atoms. The maximum absolute atomic E-state index is 13.6. The molecule has 0 aliphatic rings. The van der Waals surface area contributed by atoms with Crippen LogP contribution >= 0.6 is 11.3 Å². The summed E-state index contributed by atoms with van der Waals surface area (Å²) >= 11 is 1.52. The predicted octanol–water partition coefficient (Wildman–Crippen LogP) is 3.15. The number of nitrogens with zero attached hydrogens (tertiary/aromatic N) is 1. The van der Waals surface area contributed by atoms with Gasteiger partial charge in [-0.05, 0) is 32.4 Å². The Balaban J connectivity index is 2.38. The molecule has 1 aromatic carbocycles. The summed E-state index contributed by atoms with van der Waals surface area (Å²) in [4.78, 5) is 5.56. The van der Waals surface area contributed by atoms with Crippen molar-refractivity contribution in [3.05, 3.63) is 40.7 Å². The highest BCUT2D eigenvalue weighted by Crippen LogP contribution is 2.30. The van der Waals surface area contributed by atoms with E-state index in [9.17, 15) is 4.39 Å². The Morgan fingerprint density at radius 3 is 2.76 bits per heavy atom. The van der Waals surface area contributed by atoms with E-state index in [0.717, 1.165) is 22.0 Å². The van der Waals surface area contributed by atoms with Crippen LogP contribution in [-0.2, 0) is 6.42 Å². The Kier molecular flexibility index (Phi) is 3.54. The lowest BCUT2D eigenvalue weighted by atomic mass is 10.2. The van der Waals surface area contributed by atoms with E-state index in [1.54, 1.807) is 12.1 Å². The van der Waals surface area contributed by atoms with Crippen LogP contribution < -0.4 is 5.73 Å². The van der Waals surface area contributed by atoms with E-state index in [1.807, 2.05) is 19.9 Å². The van der Waals surface area contributed by atoms with E-state index >= 15 is 0 Å². The first kappa shape index (κ1) is 12.2. The number of thiazole rings is 1. The number of aromatic nitrogens is 1. The van der Waals surface area contributed by atoms with Crippen LogP contribution in [0.25, 0.3) is 10.6 Å². The first-order valence-corrected chi connectivity index (χ1v) is 6.36. The topological polar surface area (TPSA) is 38.9 Å². The summed E-state index contributed by atoms with van der Waals surface area (Å²) in [5, 5.41) is 0.733. The van der Waals surface area contributed by atoms with Crippen molar-refractivity contribution in [1.82, 2.24) is 4.98 Å². The van der Waals surface area contributed by atoms with Gasteiger partial charge in [-0.25, -0.2) is 9.37 Å². The molecule has 17 heavy (non-hydrogen) atoms. The third-order valence-corrected chi connectivity index (χ3v) is 3.72. The van der Waals surface area contributed by atoms with E-state index in [-0.39, 0.29) is 11.9 Å². The second-order valence-corrected chi connectivity index (χ2v) is 5.27. The monoisotopic (exact) mass is 250 g/mol. The number of halogens is 1. The van der Waals surface area contributed by atoms with Crippen molar-refractivity contribution in [3.8, 4) is 10.6 Å². The third kappa shape index (κ3) is 2.70. The zero-order chi connectivity index (χ0) is 12.4. The van der Waals surface area contributed by atoms with Gasteiger partial charge in [0.1, 0.15) is 10.8 Å². The molecule has 2 rings (SSSR count). The third-order valence-electron chi connectivity index (χ3n) is 2.50. The van der Waals surface area contributed by atoms with Crippen molar-refractivity contribution >= 4 is 11.3 Å². The highest BCUT2D eigenvalue weighted by molar-refractivity contribution is 7.15. The van der Waals surface area contributed by atoms with Crippen LogP contribution in [0.2, 0.25) is 0 Å². The van der Waals surface area contributed by atoms with Crippen LogP contribution in [0.4, 0.5) is 4.39 Å². The van der Waals surface area contributed by atoms with Crippen LogP contribution in [0.15, 0.2) is 24.3 Å². The maximum Gasteiger partial charge on any atom is 0.133 e. The molecule has 4 heteroatoms. The fraction of sp³-hybridized carbons (Fsp3) is 0.308. The van der Waals surface area contributed by atoms with Crippen molar-refractivity contribution in [1.29, 1.82) is 0 Å². The molecule has 1 heterocycles. The first-order valence-electron chi connectivity index (χ1n) is 5.54. The quantitative estimate of drug-likeness (QED) is 0.909. The molecular weight excluding hydrogens is 235 g/mol. The Morgan fingerprint density at radius 2 is 2.12 bits per heavy atom. The summed E-state index contributed by atoms with van der Waals surface area (Å²) in [6, 6.07) is 6.81. The van der Waals surface area contributed by atoms with Crippen LogP contribution in [0.5, 0.6) is 0 Å². The van der Waals surface area contributed by atoms with Gasteiger partial charge in [0.25, 0.3) is 0 Å². The number of hydrogen-bond acceptors (Lipinski definition) is 3. The second kappa shape index (κ2) is 4.94. The zero-order valence-corrected chi connectivity index (χ0v) is 10.7. The fourth-order valence-electron chi connectivity index (χ4n) is 1.66. The van der Waals surface area contributed by atoms with Gasteiger partial charge in [-0.1, -0.05) is 12.1 Å². The molecular formula is C13H15FN2S. The first-order chi connectivity index (χ1) is 8.08. The van der Waals surface area contributed by atoms with E-state index in [0.29, 0.717) is 5.56 Å². The maximum atomic E-state index is 13.6. The molecule has 1 atom stereocenters. The van der Waals surface area contributed by atoms with Crippen molar-refractivity contribution in [2.75, 3.05) is 0 Å². The van der Waals surface area contributed by atoms with E-state index < -0.39 is 0 Å². The standard InChI is InChI=1S/C13H15FN2S/c1-8(15)7-12-9(2)16-13(17-12)10-5-3-4-6-11(10)14/h3-6,8H,7,15H2,1-2H3. The molecule has 2 aromatic rings. The molecule has 0 fully saturated rings. The van der Waals surface area contributed by atoms with Crippen molar-refractivity contribution < 1.29 is 4.39 Å². The fourth-order valence-corrected chi connectivity index (χ4v) is 2.89. The number of hydrogen-bond donors (Lipinski definition) is 1. The largest absolute Gasteiger partial charge is 0.328 e. The summed E-state index contributed by atoms with van der Waals surface area (Å²) in [6.07, 6.45) is 0.790. The smallest absolute Gasteiger partial charge is 0.133 e. The normalized spacial score (nSPS) is 12.7. The Morgan fingerprint density at radius 1 is 1.41 bits per heavy atom. The second-order valence-electron chi connectivity index (χ2n) is 4.19. The summed E-state index contributed by atoms with van der Waals surface area (Å²) in [7, 11) is 0. The molecule has 1 aromatic heterocycles. The van der Waals surface area contributed by atoms with Crippen LogP contribution in [0.1, 0.15) is 17.5 Å². The molecule has 2 N–H and O–H groups in total. The number of nitrogens with two attached hydrogens (primary N) is 1. The van der Waals surface area contributed by atoms with Crippen molar-refractivity contribution in [2.45, 2.75) is 26.3 Å². The van der Waals surface area contributed by atoms with Gasteiger partial charge in [0.05, 0.1) is 5.69 Å². The molecule has 1 unspecified atom stereocenters. The molecule has 0 saturated carbocycles. The minimum Gasteiger partial charge on any atom is -0.328 e. The van der Waals surface area contributed by atoms with Gasteiger partial charge in [0, 0.05) is 16.5 Å². The Bertz CT molecular complexity index is 520. The van der Waals surface area contributed by atoms with Gasteiger partial charge >= 0.3 is 0 Å². The molecule has 0 spiro atoms. The van der Waals surface area contributed by atoms with E-state index in [1.165, 1.54) is 17.4 Å². The molecule has 2 nitrogen and oxygen atoms in total. The zero-order valence-electron chi connectivity index (χ0n) is 9.90. The molecule has 0 aliphatic carbocycles. The molecule has 0 saturated heterocycles. The molecule has 0 radical (unpaired) electrons. The van der Waals surface area contributed by atoms with Crippen molar-refractivity contribution in [3.63, 3.8) is 0 Å². The lowest BCUT2D eigenvalue weighted by Crippen LogP contribution is -2.17. The number of rotatable bonds is 3. The highest BCUT2D eigenvalue weighted by atomic mass is 32.1. The van der Waals surface area contributed by atoms with Crippen molar-refractivity contribution in [2.24, 2.45) is 5.73 Å². The SMILES string of the molecule is Cc1nc(-c2ccccc2F)sc1CC(C)N. The lowest BCUT2D eigenvalue weighted by molar-refractivity contribution is 0.631. The summed E-state index contributed by atoms with van der Waals surface area (Å²) in [5.74, 6) is -0.228. The molecule has 0 aliphatic heterocycles. The van der Waals surface area contributed by atoms with E-state index in [4.69, 9.17) is 5.73 Å². The Hall–Kier alpha value is -1.26. The predicted molar refractivity (Wildman–Crippen MR) is 69.6 cm³/mol. The summed E-state index contributed by atoms with van der Waals surface area (Å²) in [6.45, 7) is 3.90. The summed E-state index contributed by atoms with van der Waals surface area (Å²) < 4.78 is 13.6. The van der Waals surface area contributed by atoms with Gasteiger partial charge in [0.15, 0.2) is 0 Å². The molecule has 0 amide bonds. The molecule has 90 valence electrons. The van der Waals surface area contributed by atoms with Crippen LogP contribution in [0, 0.1) is 12.7 Å². The van der Waals surface area contributed by atoms with Gasteiger partial charge in [-0.2, -0.15) is 0 Å². The van der Waals surface area contributed by atoms with E-state index in [2.05, 4.69) is 4.98 Å². The van der Waals surface area contributed by atoms with Gasteiger partial charge in [-0.15, -0.1) is 11.3 Å².